The summed E-state index contributed by atoms with van der Waals surface area (Å²) in [7, 11) is 0.337. The molecule has 14 heavy (non-hydrogen) atoms. The molecule has 0 spiro atoms. The summed E-state index contributed by atoms with van der Waals surface area (Å²) >= 11 is 0. The Labute approximate surface area is 98.7 Å². The summed E-state index contributed by atoms with van der Waals surface area (Å²) < 4.78 is 4.59. The monoisotopic (exact) mass is 244 g/mol. The third-order valence-electron chi connectivity index (χ3n) is 1.55. The molecule has 1 N–H and O–H groups in total. The first-order valence-electron chi connectivity index (χ1n) is 3.57. The van der Waals surface area contributed by atoms with Gasteiger partial charge in [-0.1, -0.05) is 0 Å². The van der Waals surface area contributed by atoms with Crippen molar-refractivity contribution in [2.45, 2.75) is 0 Å². The molecule has 0 heterocycles. The van der Waals surface area contributed by atoms with Crippen LogP contribution in [0, 0.1) is 0 Å². The molecule has 1 rings (SSSR count). The van der Waals surface area contributed by atoms with Gasteiger partial charge < -0.3 is 9.53 Å². The molecular formula is C8H8O4SiTi. The van der Waals surface area contributed by atoms with E-state index in [0.717, 1.165) is 0 Å². The van der Waals surface area contributed by atoms with Crippen molar-refractivity contribution in [1.29, 1.82) is 0 Å². The van der Waals surface area contributed by atoms with Gasteiger partial charge in [0, 0.05) is 21.7 Å². The molecule has 0 saturated carbocycles. The van der Waals surface area contributed by atoms with Gasteiger partial charge in [0.05, 0.1) is 11.1 Å². The van der Waals surface area contributed by atoms with Crippen molar-refractivity contribution in [1.82, 2.24) is 0 Å². The van der Waals surface area contributed by atoms with Gasteiger partial charge in [-0.25, -0.2) is 9.59 Å². The first kappa shape index (κ1) is 13.1. The quantitative estimate of drug-likeness (QED) is 0.733. The summed E-state index contributed by atoms with van der Waals surface area (Å²) in [6.45, 7) is 0. The second-order valence-corrected chi connectivity index (χ2v) is 2.78. The minimum Gasteiger partial charge on any atom is -0.525 e. The molecule has 0 aromatic heterocycles. The van der Waals surface area contributed by atoms with E-state index < -0.39 is 11.9 Å². The van der Waals surface area contributed by atoms with Crippen LogP contribution in [0.15, 0.2) is 24.3 Å². The maximum Gasteiger partial charge on any atom is 0.335 e. The number of aromatic carboxylic acids is 1. The average Bonchev–Trinajstić information content (AvgIpc) is 2.17. The summed E-state index contributed by atoms with van der Waals surface area (Å²) in [5.41, 5.74) is 0.532. The zero-order chi connectivity index (χ0) is 9.84. The van der Waals surface area contributed by atoms with Crippen LogP contribution >= 0.6 is 0 Å². The Bertz CT molecular complexity index is 336. The Hall–Kier alpha value is -0.909. The largest absolute Gasteiger partial charge is 0.525 e. The van der Waals surface area contributed by atoms with Gasteiger partial charge in [-0.2, -0.15) is 0 Å². The van der Waals surface area contributed by atoms with Crippen LogP contribution in [-0.2, 0) is 26.1 Å². The second kappa shape index (κ2) is 5.74. The van der Waals surface area contributed by atoms with E-state index in [0.29, 0.717) is 16.0 Å². The summed E-state index contributed by atoms with van der Waals surface area (Å²) in [6, 6.07) is 5.61. The standard InChI is InChI=1S/C8H8O4Si.Ti/c9-7(10)5-1-3-6(4-2-5)8(11)12-13;/h1-4H,13H3,(H,9,10);. The Morgan fingerprint density at radius 3 is 1.93 bits per heavy atom. The minimum atomic E-state index is -1.01. The van der Waals surface area contributed by atoms with Gasteiger partial charge in [0.2, 0.25) is 10.5 Å². The fourth-order valence-electron chi connectivity index (χ4n) is 0.867. The number of carboxylic acid groups (broad SMARTS) is 1. The normalized spacial score (nSPS) is 8.86. The number of hydrogen-bond acceptors (Lipinski definition) is 3. The Balaban J connectivity index is 0.00000169. The van der Waals surface area contributed by atoms with Crippen LogP contribution in [0.2, 0.25) is 0 Å². The van der Waals surface area contributed by atoms with Crippen LogP contribution < -0.4 is 0 Å². The summed E-state index contributed by atoms with van der Waals surface area (Å²) in [6.07, 6.45) is 0. The minimum absolute atomic E-state index is 0. The van der Waals surface area contributed by atoms with Crippen molar-refractivity contribution in [2.24, 2.45) is 0 Å². The van der Waals surface area contributed by atoms with Crippen molar-refractivity contribution in [2.75, 3.05) is 0 Å². The predicted octanol–water partition coefficient (Wildman–Crippen LogP) is -0.181. The molecule has 0 atom stereocenters. The molecular weight excluding hydrogens is 236 g/mol. The van der Waals surface area contributed by atoms with E-state index in [1.54, 1.807) is 0 Å². The van der Waals surface area contributed by atoms with Crippen LogP contribution in [0.3, 0.4) is 0 Å². The van der Waals surface area contributed by atoms with Gasteiger partial charge in [0.15, 0.2) is 0 Å². The third-order valence-corrected chi connectivity index (χ3v) is 1.92. The maximum absolute atomic E-state index is 11.0. The number of hydrogen-bond donors (Lipinski definition) is 1. The molecule has 0 aliphatic carbocycles. The molecule has 0 saturated heterocycles. The van der Waals surface area contributed by atoms with Gasteiger partial charge >= 0.3 is 11.9 Å². The summed E-state index contributed by atoms with van der Waals surface area (Å²) in [5.74, 6) is -1.42. The Morgan fingerprint density at radius 2 is 1.57 bits per heavy atom. The molecule has 4 nitrogen and oxygen atoms in total. The molecule has 1 aromatic carbocycles. The summed E-state index contributed by atoms with van der Waals surface area (Å²) in [5, 5.41) is 8.56. The van der Waals surface area contributed by atoms with Crippen LogP contribution in [-0.4, -0.2) is 27.5 Å². The van der Waals surface area contributed by atoms with E-state index in [2.05, 4.69) is 4.43 Å². The molecule has 0 fully saturated rings. The van der Waals surface area contributed by atoms with Gasteiger partial charge in [0.1, 0.15) is 0 Å². The molecule has 0 aliphatic rings. The number of carbonyl (C=O) groups excluding carboxylic acids is 1. The van der Waals surface area contributed by atoms with Crippen LogP contribution in [0.1, 0.15) is 20.7 Å². The number of rotatable bonds is 2. The number of carboxylic acids is 1. The zero-order valence-electron chi connectivity index (χ0n) is 7.48. The second-order valence-electron chi connectivity index (χ2n) is 2.37. The first-order chi connectivity index (χ1) is 6.15. The molecule has 6 heteroatoms. The van der Waals surface area contributed by atoms with Crippen LogP contribution in [0.25, 0.3) is 0 Å². The van der Waals surface area contributed by atoms with Gasteiger partial charge in [0.25, 0.3) is 0 Å². The first-order valence-corrected chi connectivity index (χ1v) is 4.38. The van der Waals surface area contributed by atoms with E-state index in [1.165, 1.54) is 24.3 Å². The van der Waals surface area contributed by atoms with Crippen molar-refractivity contribution >= 4 is 22.4 Å². The smallest absolute Gasteiger partial charge is 0.335 e. The van der Waals surface area contributed by atoms with E-state index >= 15 is 0 Å². The predicted molar refractivity (Wildman–Crippen MR) is 48.8 cm³/mol. The van der Waals surface area contributed by atoms with Crippen LogP contribution in [0.4, 0.5) is 0 Å². The summed E-state index contributed by atoms with van der Waals surface area (Å²) in [4.78, 5) is 21.4. The maximum atomic E-state index is 11.0. The number of benzene rings is 1. The van der Waals surface area contributed by atoms with Gasteiger partial charge in [-0.3, -0.25) is 0 Å². The van der Waals surface area contributed by atoms with E-state index in [4.69, 9.17) is 5.11 Å². The topological polar surface area (TPSA) is 63.6 Å². The Morgan fingerprint density at radius 1 is 1.14 bits per heavy atom. The molecule has 0 amide bonds. The molecule has 72 valence electrons. The van der Waals surface area contributed by atoms with E-state index in [9.17, 15) is 9.59 Å². The molecule has 0 aliphatic heterocycles. The molecule has 0 unspecified atom stereocenters. The fraction of sp³-hybridized carbons (Fsp3) is 0. The molecule has 1 aromatic rings. The van der Waals surface area contributed by atoms with Gasteiger partial charge in [-0.05, 0) is 24.3 Å². The molecule has 0 bridgehead atoms. The SMILES string of the molecule is O=C(O)c1ccc(C(=O)O[SiH3])cc1.[Ti]. The van der Waals surface area contributed by atoms with Crippen molar-refractivity contribution in [3.63, 3.8) is 0 Å². The third kappa shape index (κ3) is 3.10. The van der Waals surface area contributed by atoms with Crippen molar-refractivity contribution in [3.8, 4) is 0 Å². The fourth-order valence-corrected chi connectivity index (χ4v) is 1.10. The van der Waals surface area contributed by atoms with E-state index in [-0.39, 0.29) is 27.3 Å². The Kier molecular flexibility index (Phi) is 5.37. The van der Waals surface area contributed by atoms with Crippen LogP contribution in [0.5, 0.6) is 0 Å². The van der Waals surface area contributed by atoms with Gasteiger partial charge in [-0.15, -0.1) is 0 Å². The molecule has 0 radical (unpaired) electrons. The zero-order valence-corrected chi connectivity index (χ0v) is 11.0. The van der Waals surface area contributed by atoms with E-state index in [1.807, 2.05) is 0 Å². The average molecular weight is 244 g/mol. The van der Waals surface area contributed by atoms with Crippen molar-refractivity contribution in [3.05, 3.63) is 35.4 Å². The van der Waals surface area contributed by atoms with Crippen molar-refractivity contribution < 1.29 is 40.8 Å². The number of carbonyl (C=O) groups is 2.